The number of hydrogen-bond donors (Lipinski definition) is 1. The van der Waals surface area contributed by atoms with Crippen molar-refractivity contribution in [2.24, 2.45) is 5.10 Å². The van der Waals surface area contributed by atoms with Crippen LogP contribution in [0.3, 0.4) is 0 Å². The van der Waals surface area contributed by atoms with Crippen molar-refractivity contribution >= 4 is 41.2 Å². The summed E-state index contributed by atoms with van der Waals surface area (Å²) >= 11 is 11.8. The van der Waals surface area contributed by atoms with E-state index in [4.69, 9.17) is 27.9 Å². The van der Waals surface area contributed by atoms with Crippen LogP contribution in [0.25, 0.3) is 0 Å². The molecule has 2 amide bonds. The molecule has 0 aliphatic carbocycles. The van der Waals surface area contributed by atoms with Crippen molar-refractivity contribution < 1.29 is 14.3 Å². The summed E-state index contributed by atoms with van der Waals surface area (Å²) in [4.78, 5) is 26.1. The molecule has 0 spiro atoms. The van der Waals surface area contributed by atoms with Crippen molar-refractivity contribution in [1.82, 2.24) is 10.3 Å². The summed E-state index contributed by atoms with van der Waals surface area (Å²) in [5, 5.41) is 4.64. The second-order valence-electron chi connectivity index (χ2n) is 6.62. The van der Waals surface area contributed by atoms with Crippen LogP contribution in [0.5, 0.6) is 5.75 Å². The minimum atomic E-state index is -0.431. The summed E-state index contributed by atoms with van der Waals surface area (Å²) in [5.74, 6) is 0.183. The Hall–Kier alpha value is -2.57. The van der Waals surface area contributed by atoms with Gasteiger partial charge in [0.05, 0.1) is 16.8 Å². The number of carbonyl (C=O) groups is 2. The van der Waals surface area contributed by atoms with Gasteiger partial charge in [-0.3, -0.25) is 9.59 Å². The first kappa shape index (κ1) is 21.1. The molecule has 2 aromatic rings. The molecular formula is C21H21Cl2N3O3. The second-order valence-corrected chi connectivity index (χ2v) is 7.47. The second kappa shape index (κ2) is 10.3. The molecule has 8 heteroatoms. The summed E-state index contributed by atoms with van der Waals surface area (Å²) in [6, 6.07) is 11.7. The number of nitrogens with one attached hydrogen (secondary N) is 1. The van der Waals surface area contributed by atoms with Crippen molar-refractivity contribution in [3.8, 4) is 5.75 Å². The molecule has 1 N–H and O–H groups in total. The normalized spacial score (nSPS) is 14.1. The van der Waals surface area contributed by atoms with Gasteiger partial charge >= 0.3 is 0 Å². The lowest BCUT2D eigenvalue weighted by atomic mass is 10.1. The molecule has 0 unspecified atom stereocenters. The van der Waals surface area contributed by atoms with Crippen molar-refractivity contribution in [2.75, 3.05) is 19.7 Å². The number of amides is 2. The first-order chi connectivity index (χ1) is 14.0. The van der Waals surface area contributed by atoms with Crippen LogP contribution >= 0.6 is 23.2 Å². The number of benzene rings is 2. The van der Waals surface area contributed by atoms with Crippen molar-refractivity contribution in [3.63, 3.8) is 0 Å². The molecule has 1 saturated heterocycles. The Morgan fingerprint density at radius 1 is 1.07 bits per heavy atom. The highest BCUT2D eigenvalue weighted by atomic mass is 35.5. The maximum absolute atomic E-state index is 12.1. The highest BCUT2D eigenvalue weighted by Gasteiger charge is 2.16. The summed E-state index contributed by atoms with van der Waals surface area (Å²) < 4.78 is 5.57. The molecule has 1 aliphatic rings. The number of nitrogens with zero attached hydrogens (tertiary/aromatic N) is 2. The van der Waals surface area contributed by atoms with E-state index in [9.17, 15) is 9.59 Å². The molecular weight excluding hydrogens is 413 g/mol. The van der Waals surface area contributed by atoms with Crippen LogP contribution in [0, 0.1) is 0 Å². The standard InChI is InChI=1S/C21H21Cl2N3O3/c22-16-6-9-18(19(23)12-16)21(28)25-24-13-15-4-7-17(8-5-15)29-14-20(27)26-10-2-1-3-11-26/h4-9,12-13H,1-3,10-11,14H2,(H,25,28)/b24-13-. The Morgan fingerprint density at radius 2 is 1.79 bits per heavy atom. The molecule has 2 aromatic carbocycles. The SMILES string of the molecule is O=C(N/N=C\c1ccc(OCC(=O)N2CCCCC2)cc1)c1ccc(Cl)cc1Cl. The Labute approximate surface area is 179 Å². The van der Waals surface area contributed by atoms with Gasteiger partial charge in [-0.1, -0.05) is 23.2 Å². The third-order valence-corrected chi connectivity index (χ3v) is 5.05. The van der Waals surface area contributed by atoms with Crippen LogP contribution in [-0.2, 0) is 4.79 Å². The van der Waals surface area contributed by atoms with Crippen molar-refractivity contribution in [3.05, 3.63) is 63.6 Å². The van der Waals surface area contributed by atoms with E-state index < -0.39 is 5.91 Å². The van der Waals surface area contributed by atoms with E-state index in [1.807, 2.05) is 4.90 Å². The smallest absolute Gasteiger partial charge is 0.272 e. The lowest BCUT2D eigenvalue weighted by Crippen LogP contribution is -2.38. The predicted molar refractivity (Wildman–Crippen MR) is 114 cm³/mol. The van der Waals surface area contributed by atoms with Gasteiger partial charge in [0.25, 0.3) is 11.8 Å². The van der Waals surface area contributed by atoms with Gasteiger partial charge in [-0.15, -0.1) is 0 Å². The van der Waals surface area contributed by atoms with E-state index in [-0.39, 0.29) is 23.1 Å². The van der Waals surface area contributed by atoms with E-state index in [1.165, 1.54) is 24.8 Å². The van der Waals surface area contributed by atoms with Crippen LogP contribution in [0.4, 0.5) is 0 Å². The number of carbonyl (C=O) groups excluding carboxylic acids is 2. The third-order valence-electron chi connectivity index (χ3n) is 4.51. The molecule has 3 rings (SSSR count). The number of likely N-dealkylation sites (tertiary alicyclic amines) is 1. The lowest BCUT2D eigenvalue weighted by molar-refractivity contribution is -0.134. The Bertz CT molecular complexity index is 895. The fourth-order valence-corrected chi connectivity index (χ4v) is 3.42. The fraction of sp³-hybridized carbons (Fsp3) is 0.286. The summed E-state index contributed by atoms with van der Waals surface area (Å²) in [6.45, 7) is 1.65. The Morgan fingerprint density at radius 3 is 2.48 bits per heavy atom. The van der Waals surface area contributed by atoms with E-state index in [1.54, 1.807) is 30.3 Å². The minimum Gasteiger partial charge on any atom is -0.484 e. The Balaban J connectivity index is 1.48. The zero-order valence-electron chi connectivity index (χ0n) is 15.7. The third kappa shape index (κ3) is 6.21. The molecule has 0 saturated carbocycles. The number of hydrazone groups is 1. The van der Waals surface area contributed by atoms with Crippen molar-refractivity contribution in [2.45, 2.75) is 19.3 Å². The fourth-order valence-electron chi connectivity index (χ4n) is 2.93. The van der Waals surface area contributed by atoms with Crippen LogP contribution in [0.1, 0.15) is 35.2 Å². The van der Waals surface area contributed by atoms with Gasteiger partial charge in [0.15, 0.2) is 6.61 Å². The topological polar surface area (TPSA) is 71.0 Å². The molecule has 0 atom stereocenters. The van der Waals surface area contributed by atoms with Gasteiger partial charge in [0, 0.05) is 18.1 Å². The van der Waals surface area contributed by atoms with Gasteiger partial charge in [0.1, 0.15) is 5.75 Å². The first-order valence-corrected chi connectivity index (χ1v) is 10.1. The van der Waals surface area contributed by atoms with E-state index >= 15 is 0 Å². The van der Waals surface area contributed by atoms with Gasteiger partial charge in [-0.25, -0.2) is 5.43 Å². The van der Waals surface area contributed by atoms with Crippen LogP contribution < -0.4 is 10.2 Å². The van der Waals surface area contributed by atoms with Gasteiger partial charge in [-0.2, -0.15) is 5.10 Å². The van der Waals surface area contributed by atoms with E-state index in [0.717, 1.165) is 31.5 Å². The predicted octanol–water partition coefficient (Wildman–Crippen LogP) is 4.15. The Kier molecular flexibility index (Phi) is 7.49. The summed E-state index contributed by atoms with van der Waals surface area (Å²) in [7, 11) is 0. The van der Waals surface area contributed by atoms with Gasteiger partial charge in [-0.05, 0) is 67.3 Å². The molecule has 1 heterocycles. The van der Waals surface area contributed by atoms with E-state index in [2.05, 4.69) is 10.5 Å². The quantitative estimate of drug-likeness (QED) is 0.549. The molecule has 1 fully saturated rings. The number of halogens is 2. The molecule has 0 bridgehead atoms. The zero-order valence-corrected chi connectivity index (χ0v) is 17.2. The number of hydrogen-bond acceptors (Lipinski definition) is 4. The highest BCUT2D eigenvalue weighted by molar-refractivity contribution is 6.36. The average molecular weight is 434 g/mol. The highest BCUT2D eigenvalue weighted by Crippen LogP contribution is 2.20. The molecule has 0 aromatic heterocycles. The number of piperidine rings is 1. The van der Waals surface area contributed by atoms with E-state index in [0.29, 0.717) is 10.8 Å². The number of ether oxygens (including phenoxy) is 1. The van der Waals surface area contributed by atoms with Crippen LogP contribution in [0.15, 0.2) is 47.6 Å². The summed E-state index contributed by atoms with van der Waals surface area (Å²) in [5.41, 5.74) is 3.47. The molecule has 6 nitrogen and oxygen atoms in total. The largest absolute Gasteiger partial charge is 0.484 e. The minimum absolute atomic E-state index is 0.0129. The van der Waals surface area contributed by atoms with Gasteiger partial charge < -0.3 is 9.64 Å². The zero-order chi connectivity index (χ0) is 20.6. The summed E-state index contributed by atoms with van der Waals surface area (Å²) in [6.07, 6.45) is 4.80. The van der Waals surface area contributed by atoms with Gasteiger partial charge in [0.2, 0.25) is 0 Å². The molecule has 0 radical (unpaired) electrons. The van der Waals surface area contributed by atoms with Crippen LogP contribution in [-0.4, -0.2) is 42.6 Å². The molecule has 29 heavy (non-hydrogen) atoms. The maximum Gasteiger partial charge on any atom is 0.272 e. The first-order valence-electron chi connectivity index (χ1n) is 9.32. The number of rotatable bonds is 6. The maximum atomic E-state index is 12.1. The van der Waals surface area contributed by atoms with Crippen LogP contribution in [0.2, 0.25) is 10.0 Å². The molecule has 1 aliphatic heterocycles. The average Bonchev–Trinajstić information content (AvgIpc) is 2.73. The molecule has 152 valence electrons. The lowest BCUT2D eigenvalue weighted by Gasteiger charge is -2.26. The van der Waals surface area contributed by atoms with Crippen molar-refractivity contribution in [1.29, 1.82) is 0 Å². The monoisotopic (exact) mass is 433 g/mol.